The fourth-order valence-electron chi connectivity index (χ4n) is 1.93. The van der Waals surface area contributed by atoms with E-state index in [-0.39, 0.29) is 11.9 Å². The van der Waals surface area contributed by atoms with Crippen molar-refractivity contribution >= 4 is 23.6 Å². The predicted octanol–water partition coefficient (Wildman–Crippen LogP) is 1.45. The van der Waals surface area contributed by atoms with E-state index in [0.29, 0.717) is 5.56 Å². The number of benzene rings is 1. The largest absolute Gasteiger partial charge is 0.370 e. The number of nitrogens with zero attached hydrogens (tertiary/aromatic N) is 1. The first-order valence-electron chi connectivity index (χ1n) is 5.48. The van der Waals surface area contributed by atoms with Crippen LogP contribution in [0.4, 0.5) is 0 Å². The van der Waals surface area contributed by atoms with Crippen LogP contribution in [0, 0.1) is 6.92 Å². The second-order valence-corrected chi connectivity index (χ2v) is 5.21. The van der Waals surface area contributed by atoms with Gasteiger partial charge < -0.3 is 11.5 Å². The average Bonchev–Trinajstić information content (AvgIpc) is 2.27. The Morgan fingerprint density at radius 3 is 2.88 bits per heavy atom. The average molecular weight is 249 g/mol. The van der Waals surface area contributed by atoms with Gasteiger partial charge in [0.15, 0.2) is 5.96 Å². The van der Waals surface area contributed by atoms with Crippen LogP contribution in [0.1, 0.15) is 27.9 Å². The summed E-state index contributed by atoms with van der Waals surface area (Å²) >= 11 is 1.78. The van der Waals surface area contributed by atoms with Crippen molar-refractivity contribution in [3.8, 4) is 0 Å². The number of thioether (sulfide) groups is 1. The van der Waals surface area contributed by atoms with Crippen molar-refractivity contribution < 1.29 is 4.79 Å². The van der Waals surface area contributed by atoms with Gasteiger partial charge in [-0.1, -0.05) is 6.07 Å². The number of aliphatic imine (C=N–C) groups is 1. The molecule has 90 valence electrons. The Bertz CT molecular complexity index is 493. The molecule has 0 saturated carbocycles. The molecule has 0 spiro atoms. The second kappa shape index (κ2) is 4.79. The molecule has 4 N–H and O–H groups in total. The predicted molar refractivity (Wildman–Crippen MR) is 70.4 cm³/mol. The van der Waals surface area contributed by atoms with Gasteiger partial charge in [-0.15, -0.1) is 11.8 Å². The van der Waals surface area contributed by atoms with Crippen LogP contribution in [0.2, 0.25) is 0 Å². The highest BCUT2D eigenvalue weighted by atomic mass is 32.2. The Morgan fingerprint density at radius 1 is 1.41 bits per heavy atom. The lowest BCUT2D eigenvalue weighted by Gasteiger charge is -2.17. The molecule has 4 nitrogen and oxygen atoms in total. The monoisotopic (exact) mass is 249 g/mol. The van der Waals surface area contributed by atoms with Gasteiger partial charge >= 0.3 is 0 Å². The Kier molecular flexibility index (Phi) is 3.38. The maximum atomic E-state index is 11.8. The van der Waals surface area contributed by atoms with E-state index in [1.807, 2.05) is 13.0 Å². The second-order valence-electron chi connectivity index (χ2n) is 4.07. The lowest BCUT2D eigenvalue weighted by Crippen LogP contribution is -2.24. The number of carbonyl (C=O) groups excluding carboxylic acids is 1. The quantitative estimate of drug-likeness (QED) is 0.583. The molecule has 1 aliphatic heterocycles. The van der Waals surface area contributed by atoms with Crippen LogP contribution >= 0.6 is 11.8 Å². The molecule has 0 radical (unpaired) electrons. The summed E-state index contributed by atoms with van der Waals surface area (Å²) in [4.78, 5) is 16.6. The molecule has 0 aromatic heterocycles. The third kappa shape index (κ3) is 2.61. The molecule has 1 aromatic rings. The van der Waals surface area contributed by atoms with Crippen molar-refractivity contribution in [2.45, 2.75) is 24.7 Å². The molecule has 17 heavy (non-hydrogen) atoms. The number of amides is 1. The zero-order valence-corrected chi connectivity index (χ0v) is 10.5. The number of carbonyl (C=O) groups is 1. The molecule has 5 heteroatoms. The number of rotatable bonds is 1. The van der Waals surface area contributed by atoms with E-state index in [1.165, 1.54) is 16.9 Å². The summed E-state index contributed by atoms with van der Waals surface area (Å²) in [7, 11) is 0. The molecule has 2 rings (SSSR count). The fourth-order valence-corrected chi connectivity index (χ4v) is 2.99. The highest BCUT2D eigenvalue weighted by Crippen LogP contribution is 2.32. The maximum Gasteiger partial charge on any atom is 0.280 e. The SMILES string of the molecule is Cc1cc2c(cc1C(=O)N=C(N)N)SCCC2. The number of aryl methyl sites for hydroxylation is 2. The Labute approximate surface area is 104 Å². The number of guanidine groups is 1. The van der Waals surface area contributed by atoms with Gasteiger partial charge in [0.05, 0.1) is 0 Å². The summed E-state index contributed by atoms with van der Waals surface area (Å²) in [6, 6.07) is 3.97. The summed E-state index contributed by atoms with van der Waals surface area (Å²) in [5.41, 5.74) is 13.3. The number of fused-ring (bicyclic) bond motifs is 1. The third-order valence-electron chi connectivity index (χ3n) is 2.72. The third-order valence-corrected chi connectivity index (χ3v) is 3.90. The number of nitrogens with two attached hydrogens (primary N) is 2. The van der Waals surface area contributed by atoms with Gasteiger partial charge in [0.2, 0.25) is 0 Å². The lowest BCUT2D eigenvalue weighted by atomic mass is 10.0. The van der Waals surface area contributed by atoms with Crippen LogP contribution in [-0.2, 0) is 6.42 Å². The summed E-state index contributed by atoms with van der Waals surface area (Å²) < 4.78 is 0. The Morgan fingerprint density at radius 2 is 2.18 bits per heavy atom. The molecular weight excluding hydrogens is 234 g/mol. The minimum Gasteiger partial charge on any atom is -0.370 e. The van der Waals surface area contributed by atoms with Gasteiger partial charge in [-0.2, -0.15) is 4.99 Å². The molecule has 1 aliphatic rings. The Balaban J connectivity index is 2.41. The zero-order valence-electron chi connectivity index (χ0n) is 9.69. The van der Waals surface area contributed by atoms with Crippen LogP contribution in [0.15, 0.2) is 22.0 Å². The zero-order chi connectivity index (χ0) is 12.4. The minimum atomic E-state index is -0.364. The van der Waals surface area contributed by atoms with E-state index >= 15 is 0 Å². The summed E-state index contributed by atoms with van der Waals surface area (Å²) in [6.45, 7) is 1.91. The van der Waals surface area contributed by atoms with Gasteiger partial charge in [-0.3, -0.25) is 4.79 Å². The van der Waals surface area contributed by atoms with Crippen LogP contribution in [0.5, 0.6) is 0 Å². The van der Waals surface area contributed by atoms with Gasteiger partial charge in [0, 0.05) is 10.5 Å². The van der Waals surface area contributed by atoms with Gasteiger partial charge in [0.25, 0.3) is 5.91 Å². The van der Waals surface area contributed by atoms with E-state index in [4.69, 9.17) is 11.5 Å². The number of hydrogen-bond acceptors (Lipinski definition) is 2. The van der Waals surface area contributed by atoms with Crippen LogP contribution in [-0.4, -0.2) is 17.6 Å². The fraction of sp³-hybridized carbons (Fsp3) is 0.333. The van der Waals surface area contributed by atoms with Crippen molar-refractivity contribution in [2.75, 3.05) is 5.75 Å². The van der Waals surface area contributed by atoms with Crippen LogP contribution in [0.25, 0.3) is 0 Å². The molecule has 0 atom stereocenters. The summed E-state index contributed by atoms with van der Waals surface area (Å²) in [5.74, 6) is 0.544. The van der Waals surface area contributed by atoms with Gasteiger partial charge in [0.1, 0.15) is 0 Å². The van der Waals surface area contributed by atoms with Crippen molar-refractivity contribution in [2.24, 2.45) is 16.5 Å². The van der Waals surface area contributed by atoms with Crippen LogP contribution < -0.4 is 11.5 Å². The lowest BCUT2D eigenvalue weighted by molar-refractivity contribution is 0.100. The normalized spacial score (nSPS) is 13.9. The van der Waals surface area contributed by atoms with E-state index in [9.17, 15) is 4.79 Å². The molecule has 1 aromatic carbocycles. The molecular formula is C12H15N3OS. The van der Waals surface area contributed by atoms with Crippen molar-refractivity contribution in [3.05, 3.63) is 28.8 Å². The summed E-state index contributed by atoms with van der Waals surface area (Å²) in [5, 5.41) is 0. The molecule has 0 saturated heterocycles. The molecule has 0 bridgehead atoms. The van der Waals surface area contributed by atoms with Gasteiger partial charge in [-0.05, 0) is 42.7 Å². The van der Waals surface area contributed by atoms with Gasteiger partial charge in [-0.25, -0.2) is 0 Å². The number of hydrogen-bond donors (Lipinski definition) is 2. The molecule has 1 amide bonds. The molecule has 0 fully saturated rings. The van der Waals surface area contributed by atoms with Crippen molar-refractivity contribution in [1.29, 1.82) is 0 Å². The first-order valence-corrected chi connectivity index (χ1v) is 6.47. The Hall–Kier alpha value is -1.49. The van der Waals surface area contributed by atoms with E-state index < -0.39 is 0 Å². The first-order chi connectivity index (χ1) is 8.08. The van der Waals surface area contributed by atoms with Crippen LogP contribution in [0.3, 0.4) is 0 Å². The molecule has 1 heterocycles. The highest BCUT2D eigenvalue weighted by molar-refractivity contribution is 7.99. The molecule has 0 aliphatic carbocycles. The first kappa shape index (κ1) is 12.0. The smallest absolute Gasteiger partial charge is 0.280 e. The van der Waals surface area contributed by atoms with E-state index in [2.05, 4.69) is 11.1 Å². The maximum absolute atomic E-state index is 11.8. The van der Waals surface area contributed by atoms with Crippen molar-refractivity contribution in [3.63, 3.8) is 0 Å². The topological polar surface area (TPSA) is 81.5 Å². The van der Waals surface area contributed by atoms with E-state index in [1.54, 1.807) is 11.8 Å². The summed E-state index contributed by atoms with van der Waals surface area (Å²) in [6.07, 6.45) is 2.28. The highest BCUT2D eigenvalue weighted by Gasteiger charge is 2.15. The standard InChI is InChI=1S/C12H15N3OS/c1-7-5-8-3-2-4-17-10(8)6-9(7)11(16)15-12(13)14/h5-6H,2-4H2,1H3,(H4,13,14,15,16). The van der Waals surface area contributed by atoms with E-state index in [0.717, 1.165) is 17.7 Å². The molecule has 0 unspecified atom stereocenters. The van der Waals surface area contributed by atoms with Crippen molar-refractivity contribution in [1.82, 2.24) is 0 Å². The minimum absolute atomic E-state index is 0.195.